The van der Waals surface area contributed by atoms with E-state index in [0.717, 1.165) is 18.1 Å². The molecule has 0 aromatic carbocycles. The summed E-state index contributed by atoms with van der Waals surface area (Å²) >= 11 is 1.81. The van der Waals surface area contributed by atoms with Crippen molar-refractivity contribution in [3.8, 4) is 0 Å². The van der Waals surface area contributed by atoms with Gasteiger partial charge in [-0.15, -0.1) is 11.3 Å². The van der Waals surface area contributed by atoms with E-state index in [1.165, 1.54) is 23.4 Å². The molecular weight excluding hydrogens is 254 g/mol. The smallest absolute Gasteiger partial charge is 0.0900 e. The molecule has 3 nitrogen and oxygen atoms in total. The Balaban J connectivity index is 1.93. The highest BCUT2D eigenvalue weighted by atomic mass is 32.1. The highest BCUT2D eigenvalue weighted by Gasteiger charge is 2.31. The Labute approximate surface area is 121 Å². The Bertz CT molecular complexity index is 425. The van der Waals surface area contributed by atoms with Crippen LogP contribution < -0.4 is 10.6 Å². The lowest BCUT2D eigenvalue weighted by Gasteiger charge is -2.40. The molecule has 2 N–H and O–H groups in total. The third-order valence-corrected chi connectivity index (χ3v) is 5.55. The van der Waals surface area contributed by atoms with E-state index >= 15 is 0 Å². The second-order valence-corrected chi connectivity index (χ2v) is 7.65. The van der Waals surface area contributed by atoms with Gasteiger partial charge in [-0.05, 0) is 45.6 Å². The number of aryl methyl sites for hydroxylation is 2. The minimum atomic E-state index is 0.392. The zero-order valence-electron chi connectivity index (χ0n) is 12.8. The molecule has 108 valence electrons. The van der Waals surface area contributed by atoms with Crippen LogP contribution in [-0.2, 0) is 0 Å². The number of aromatic nitrogens is 1. The summed E-state index contributed by atoms with van der Waals surface area (Å²) in [4.78, 5) is 5.90. The first-order valence-corrected chi connectivity index (χ1v) is 8.12. The zero-order valence-corrected chi connectivity index (χ0v) is 13.7. The van der Waals surface area contributed by atoms with Crippen molar-refractivity contribution in [2.45, 2.75) is 59.5 Å². The number of hydrogen-bond donors (Lipinski definition) is 2. The summed E-state index contributed by atoms with van der Waals surface area (Å²) in [5.41, 5.74) is 1.57. The molecule has 0 amide bonds. The summed E-state index contributed by atoms with van der Waals surface area (Å²) in [5, 5.41) is 8.51. The normalized spacial score (nSPS) is 24.4. The highest BCUT2D eigenvalue weighted by molar-refractivity contribution is 7.11. The van der Waals surface area contributed by atoms with Crippen LogP contribution in [0.4, 0.5) is 0 Å². The molecule has 2 unspecified atom stereocenters. The maximum Gasteiger partial charge on any atom is 0.0900 e. The first-order valence-electron chi connectivity index (χ1n) is 7.31. The summed E-state index contributed by atoms with van der Waals surface area (Å²) in [6.45, 7) is 13.4. The third-order valence-electron chi connectivity index (χ3n) is 4.29. The average molecular weight is 281 g/mol. The molecule has 1 aromatic heterocycles. The molecule has 1 aliphatic heterocycles. The van der Waals surface area contributed by atoms with Gasteiger partial charge in [-0.2, -0.15) is 0 Å². The number of nitrogens with zero attached hydrogens (tertiary/aromatic N) is 1. The molecule has 0 spiro atoms. The van der Waals surface area contributed by atoms with E-state index in [2.05, 4.69) is 50.2 Å². The predicted octanol–water partition coefficient (Wildman–Crippen LogP) is 3.19. The molecule has 2 atom stereocenters. The Kier molecular flexibility index (Phi) is 4.64. The molecular formula is C15H27N3S. The van der Waals surface area contributed by atoms with Crippen LogP contribution in [0.25, 0.3) is 0 Å². The van der Waals surface area contributed by atoms with Crippen molar-refractivity contribution in [1.29, 1.82) is 0 Å². The first kappa shape index (κ1) is 14.9. The number of thiazole rings is 1. The number of rotatable bonds is 4. The predicted molar refractivity (Wildman–Crippen MR) is 82.8 cm³/mol. The van der Waals surface area contributed by atoms with Gasteiger partial charge in [0.25, 0.3) is 0 Å². The number of piperidine rings is 1. The van der Waals surface area contributed by atoms with E-state index < -0.39 is 0 Å². The van der Waals surface area contributed by atoms with Crippen molar-refractivity contribution in [3.05, 3.63) is 15.6 Å². The molecule has 0 radical (unpaired) electrons. The standard InChI is InChI=1S/C15H27N3S/c1-10(14-11(2)18-12(3)19-14)17-9-13-15(4,5)7-6-8-16-13/h10,13,16-17H,6-9H2,1-5H3. The minimum absolute atomic E-state index is 0.392. The van der Waals surface area contributed by atoms with Crippen LogP contribution in [0, 0.1) is 19.3 Å². The maximum atomic E-state index is 4.52. The molecule has 1 saturated heterocycles. The van der Waals surface area contributed by atoms with Gasteiger partial charge in [-0.25, -0.2) is 4.98 Å². The van der Waals surface area contributed by atoms with Crippen molar-refractivity contribution < 1.29 is 0 Å². The summed E-state index contributed by atoms with van der Waals surface area (Å²) < 4.78 is 0. The van der Waals surface area contributed by atoms with Gasteiger partial charge in [0.1, 0.15) is 0 Å². The fourth-order valence-corrected chi connectivity index (χ4v) is 3.91. The van der Waals surface area contributed by atoms with Crippen molar-refractivity contribution in [2.24, 2.45) is 5.41 Å². The summed E-state index contributed by atoms with van der Waals surface area (Å²) in [6.07, 6.45) is 2.62. The fraction of sp³-hybridized carbons (Fsp3) is 0.800. The average Bonchev–Trinajstić information content (AvgIpc) is 2.66. The van der Waals surface area contributed by atoms with Gasteiger partial charge in [0.2, 0.25) is 0 Å². The van der Waals surface area contributed by atoms with Crippen molar-refractivity contribution in [1.82, 2.24) is 15.6 Å². The topological polar surface area (TPSA) is 37.0 Å². The zero-order chi connectivity index (χ0) is 14.0. The molecule has 0 bridgehead atoms. The van der Waals surface area contributed by atoms with Gasteiger partial charge in [-0.3, -0.25) is 0 Å². The van der Waals surface area contributed by atoms with Crippen LogP contribution in [-0.4, -0.2) is 24.1 Å². The lowest BCUT2D eigenvalue weighted by Crippen LogP contribution is -2.52. The van der Waals surface area contributed by atoms with Crippen LogP contribution in [0.1, 0.15) is 55.2 Å². The Hall–Kier alpha value is -0.450. The summed E-state index contributed by atoms with van der Waals surface area (Å²) in [6, 6.07) is 0.962. The summed E-state index contributed by atoms with van der Waals surface area (Å²) in [5.74, 6) is 0. The fourth-order valence-electron chi connectivity index (χ4n) is 2.96. The summed E-state index contributed by atoms with van der Waals surface area (Å²) in [7, 11) is 0. The van der Waals surface area contributed by atoms with E-state index in [1.54, 1.807) is 0 Å². The molecule has 1 aliphatic rings. The highest BCUT2D eigenvalue weighted by Crippen LogP contribution is 2.30. The minimum Gasteiger partial charge on any atom is -0.312 e. The van der Waals surface area contributed by atoms with E-state index in [4.69, 9.17) is 0 Å². The van der Waals surface area contributed by atoms with Crippen LogP contribution >= 0.6 is 11.3 Å². The second-order valence-electron chi connectivity index (χ2n) is 6.41. The Morgan fingerprint density at radius 2 is 2.21 bits per heavy atom. The molecule has 0 aliphatic carbocycles. The Morgan fingerprint density at radius 1 is 1.47 bits per heavy atom. The number of hydrogen-bond acceptors (Lipinski definition) is 4. The molecule has 0 saturated carbocycles. The van der Waals surface area contributed by atoms with Crippen molar-refractivity contribution >= 4 is 11.3 Å². The second kappa shape index (κ2) is 5.90. The van der Waals surface area contributed by atoms with E-state index in [0.29, 0.717) is 17.5 Å². The van der Waals surface area contributed by atoms with E-state index in [-0.39, 0.29) is 0 Å². The molecule has 4 heteroatoms. The van der Waals surface area contributed by atoms with E-state index in [1.807, 2.05) is 11.3 Å². The maximum absolute atomic E-state index is 4.52. The Morgan fingerprint density at radius 3 is 2.79 bits per heavy atom. The van der Waals surface area contributed by atoms with Gasteiger partial charge in [0.05, 0.1) is 10.7 Å². The molecule has 19 heavy (non-hydrogen) atoms. The molecule has 1 fully saturated rings. The van der Waals surface area contributed by atoms with Crippen molar-refractivity contribution in [3.63, 3.8) is 0 Å². The van der Waals surface area contributed by atoms with Gasteiger partial charge in [0.15, 0.2) is 0 Å². The first-order chi connectivity index (χ1) is 8.90. The van der Waals surface area contributed by atoms with Gasteiger partial charge in [0, 0.05) is 23.5 Å². The van der Waals surface area contributed by atoms with E-state index in [9.17, 15) is 0 Å². The van der Waals surface area contributed by atoms with Crippen LogP contribution in [0.2, 0.25) is 0 Å². The van der Waals surface area contributed by atoms with Crippen LogP contribution in [0.3, 0.4) is 0 Å². The lowest BCUT2D eigenvalue weighted by molar-refractivity contribution is 0.173. The van der Waals surface area contributed by atoms with Crippen molar-refractivity contribution in [2.75, 3.05) is 13.1 Å². The third kappa shape index (κ3) is 3.56. The number of nitrogens with one attached hydrogen (secondary N) is 2. The SMILES string of the molecule is Cc1nc(C)c(C(C)NCC2NCCCC2(C)C)s1. The molecule has 2 heterocycles. The quantitative estimate of drug-likeness (QED) is 0.890. The van der Waals surface area contributed by atoms with Crippen LogP contribution in [0.15, 0.2) is 0 Å². The van der Waals surface area contributed by atoms with Gasteiger partial charge in [-0.1, -0.05) is 13.8 Å². The van der Waals surface area contributed by atoms with Gasteiger partial charge < -0.3 is 10.6 Å². The lowest BCUT2D eigenvalue weighted by atomic mass is 9.77. The van der Waals surface area contributed by atoms with Crippen LogP contribution in [0.5, 0.6) is 0 Å². The monoisotopic (exact) mass is 281 g/mol. The molecule has 2 rings (SSSR count). The van der Waals surface area contributed by atoms with Gasteiger partial charge >= 0.3 is 0 Å². The molecule has 1 aromatic rings. The largest absolute Gasteiger partial charge is 0.312 e.